The third-order valence-electron chi connectivity index (χ3n) is 5.56. The third-order valence-corrected chi connectivity index (χ3v) is 6.87. The fourth-order valence-corrected chi connectivity index (χ4v) is 6.44. The molecule has 2 saturated carbocycles. The van der Waals surface area contributed by atoms with Crippen LogP contribution in [0.15, 0.2) is 12.2 Å². The van der Waals surface area contributed by atoms with Crippen LogP contribution in [-0.2, 0) is 19.1 Å². The molecule has 0 radical (unpaired) electrons. The number of hydrogen-bond acceptors (Lipinski definition) is 4. The summed E-state index contributed by atoms with van der Waals surface area (Å²) in [4.78, 5) is 24.6. The molecular formula is C15H16Cl4O4. The van der Waals surface area contributed by atoms with Crippen molar-refractivity contribution in [2.75, 3.05) is 14.2 Å². The molecule has 0 heterocycles. The molecule has 0 aromatic heterocycles. The highest BCUT2D eigenvalue weighted by molar-refractivity contribution is 6.68. The van der Waals surface area contributed by atoms with Gasteiger partial charge in [0, 0.05) is 11.3 Å². The SMILES string of the molecule is COC(=O)[C@@H]1[C@H]2C=C[C@@H]([C@@H]1C(=O)OC)[C@@H]1[C@@H]2[C@H](Cl)[C@@H]1C(Cl)(Cl)Cl. The molecule has 0 aliphatic heterocycles. The summed E-state index contributed by atoms with van der Waals surface area (Å²) < 4.78 is 8.30. The van der Waals surface area contributed by atoms with E-state index in [-0.39, 0.29) is 35.0 Å². The summed E-state index contributed by atoms with van der Waals surface area (Å²) in [5.41, 5.74) is 0. The zero-order valence-corrected chi connectivity index (χ0v) is 15.4. The lowest BCUT2D eigenvalue weighted by molar-refractivity contribution is -0.178. The number of halogens is 4. The van der Waals surface area contributed by atoms with E-state index in [0.29, 0.717) is 0 Å². The predicted octanol–water partition coefficient (Wildman–Crippen LogP) is 3.22. The van der Waals surface area contributed by atoms with E-state index >= 15 is 0 Å². The van der Waals surface area contributed by atoms with Gasteiger partial charge in [0.25, 0.3) is 0 Å². The van der Waals surface area contributed by atoms with Gasteiger partial charge in [-0.2, -0.15) is 0 Å². The number of esters is 2. The molecule has 2 bridgehead atoms. The molecule has 23 heavy (non-hydrogen) atoms. The number of allylic oxidation sites excluding steroid dienone is 2. The molecule has 4 aliphatic rings. The van der Waals surface area contributed by atoms with E-state index in [1.54, 1.807) is 0 Å². The highest BCUT2D eigenvalue weighted by Gasteiger charge is 2.69. The van der Waals surface area contributed by atoms with Gasteiger partial charge in [-0.15, -0.1) is 11.6 Å². The first-order chi connectivity index (χ1) is 10.7. The van der Waals surface area contributed by atoms with Gasteiger partial charge in [0.1, 0.15) is 0 Å². The van der Waals surface area contributed by atoms with Crippen LogP contribution in [0, 0.1) is 41.4 Å². The Hall–Kier alpha value is -0.160. The zero-order chi connectivity index (χ0) is 17.1. The number of fused-ring (bicyclic) bond motifs is 1. The van der Waals surface area contributed by atoms with Crippen LogP contribution in [0.5, 0.6) is 0 Å². The van der Waals surface area contributed by atoms with E-state index < -0.39 is 27.6 Å². The lowest BCUT2D eigenvalue weighted by Crippen LogP contribution is -2.67. The van der Waals surface area contributed by atoms with Gasteiger partial charge >= 0.3 is 11.9 Å². The molecule has 0 spiro atoms. The molecule has 0 N–H and O–H groups in total. The number of carbonyl (C=O) groups is 2. The summed E-state index contributed by atoms with van der Waals surface area (Å²) in [7, 11) is 2.61. The molecule has 8 heteroatoms. The maximum absolute atomic E-state index is 12.3. The van der Waals surface area contributed by atoms with Gasteiger partial charge in [-0.1, -0.05) is 47.0 Å². The molecule has 0 amide bonds. The Bertz CT molecular complexity index is 558. The number of alkyl halides is 4. The predicted molar refractivity (Wildman–Crippen MR) is 87.5 cm³/mol. The third kappa shape index (κ3) is 2.48. The largest absolute Gasteiger partial charge is 0.469 e. The highest BCUT2D eigenvalue weighted by atomic mass is 35.6. The van der Waals surface area contributed by atoms with Crippen molar-refractivity contribution in [3.63, 3.8) is 0 Å². The monoisotopic (exact) mass is 400 g/mol. The van der Waals surface area contributed by atoms with Gasteiger partial charge < -0.3 is 9.47 Å². The minimum Gasteiger partial charge on any atom is -0.469 e. The van der Waals surface area contributed by atoms with Crippen LogP contribution in [0.4, 0.5) is 0 Å². The normalized spacial score (nSPS) is 44.3. The summed E-state index contributed by atoms with van der Waals surface area (Å²) >= 11 is 24.8. The van der Waals surface area contributed by atoms with Crippen molar-refractivity contribution in [1.82, 2.24) is 0 Å². The molecule has 128 valence electrons. The Balaban J connectivity index is 2.01. The van der Waals surface area contributed by atoms with Crippen molar-refractivity contribution in [1.29, 1.82) is 0 Å². The van der Waals surface area contributed by atoms with Gasteiger partial charge in [0.05, 0.1) is 26.1 Å². The van der Waals surface area contributed by atoms with Crippen LogP contribution in [-0.4, -0.2) is 35.3 Å². The molecule has 4 aliphatic carbocycles. The van der Waals surface area contributed by atoms with E-state index in [1.807, 2.05) is 12.2 Å². The minimum atomic E-state index is -1.51. The quantitative estimate of drug-likeness (QED) is 0.405. The molecule has 0 aromatic rings. The zero-order valence-electron chi connectivity index (χ0n) is 12.4. The summed E-state index contributed by atoms with van der Waals surface area (Å²) in [5.74, 6) is -3.04. The standard InChI is InChI=1S/C15H16Cl4O4/c1-22-13(20)9-5-3-4-6(10(9)14(21)23-2)8-7(5)11(12(8)16)15(17,18)19/h3-12H,1-2H3/t5-,6+,7-,8-,9+,10-,11-,12+/m1/s1. The second-order valence-corrected chi connectivity index (χ2v) is 9.18. The molecule has 2 fully saturated rings. The number of methoxy groups -OCH3 is 2. The summed E-state index contributed by atoms with van der Waals surface area (Å²) in [6, 6.07) is 0. The fraction of sp³-hybridized carbons (Fsp3) is 0.733. The van der Waals surface area contributed by atoms with Gasteiger partial charge in [-0.05, 0) is 23.7 Å². The Morgan fingerprint density at radius 2 is 1.35 bits per heavy atom. The number of ether oxygens (including phenoxy) is 2. The van der Waals surface area contributed by atoms with Crippen LogP contribution in [0.2, 0.25) is 0 Å². The van der Waals surface area contributed by atoms with Crippen LogP contribution < -0.4 is 0 Å². The Kier molecular flexibility index (Phi) is 4.59. The summed E-state index contributed by atoms with van der Waals surface area (Å²) in [6.45, 7) is 0. The van der Waals surface area contributed by atoms with Crippen LogP contribution in [0.3, 0.4) is 0 Å². The lowest BCUT2D eigenvalue weighted by atomic mass is 9.43. The lowest BCUT2D eigenvalue weighted by Gasteiger charge is -2.64. The average Bonchev–Trinajstić information content (AvgIpc) is 2.49. The number of rotatable bonds is 2. The molecule has 0 saturated heterocycles. The van der Waals surface area contributed by atoms with E-state index in [4.69, 9.17) is 55.9 Å². The van der Waals surface area contributed by atoms with Gasteiger partial charge in [0.15, 0.2) is 3.79 Å². The summed E-state index contributed by atoms with van der Waals surface area (Å²) in [6.07, 6.45) is 3.87. The van der Waals surface area contributed by atoms with Crippen molar-refractivity contribution >= 4 is 58.3 Å². The maximum atomic E-state index is 12.3. The van der Waals surface area contributed by atoms with Crippen LogP contribution in [0.25, 0.3) is 0 Å². The van der Waals surface area contributed by atoms with E-state index in [9.17, 15) is 9.59 Å². The summed E-state index contributed by atoms with van der Waals surface area (Å²) in [5, 5.41) is -0.365. The van der Waals surface area contributed by atoms with Crippen LogP contribution in [0.1, 0.15) is 0 Å². The van der Waals surface area contributed by atoms with Gasteiger partial charge in [-0.3, -0.25) is 9.59 Å². The Labute approximate surface area is 154 Å². The molecule has 8 atom stereocenters. The van der Waals surface area contributed by atoms with Crippen LogP contribution >= 0.6 is 46.4 Å². The second-order valence-electron chi connectivity index (χ2n) is 6.30. The number of hydrogen-bond donors (Lipinski definition) is 0. The molecule has 4 rings (SSSR count). The Morgan fingerprint density at radius 3 is 1.74 bits per heavy atom. The van der Waals surface area contributed by atoms with Crippen molar-refractivity contribution < 1.29 is 19.1 Å². The Morgan fingerprint density at radius 1 is 0.913 bits per heavy atom. The molecule has 4 nitrogen and oxygen atoms in total. The molecule has 0 aromatic carbocycles. The highest BCUT2D eigenvalue weighted by Crippen LogP contribution is 2.67. The maximum Gasteiger partial charge on any atom is 0.310 e. The first-order valence-electron chi connectivity index (χ1n) is 7.28. The van der Waals surface area contributed by atoms with Gasteiger partial charge in [-0.25, -0.2) is 0 Å². The fourth-order valence-electron chi connectivity index (χ4n) is 4.71. The first kappa shape index (κ1) is 17.7. The average molecular weight is 402 g/mol. The first-order valence-corrected chi connectivity index (χ1v) is 8.85. The second kappa shape index (κ2) is 5.98. The smallest absolute Gasteiger partial charge is 0.310 e. The molecular weight excluding hydrogens is 386 g/mol. The van der Waals surface area contributed by atoms with E-state index in [1.165, 1.54) is 14.2 Å². The van der Waals surface area contributed by atoms with Crippen molar-refractivity contribution in [2.45, 2.75) is 9.17 Å². The van der Waals surface area contributed by atoms with E-state index in [0.717, 1.165) is 0 Å². The number of carbonyl (C=O) groups excluding carboxylic acids is 2. The van der Waals surface area contributed by atoms with E-state index in [2.05, 4.69) is 0 Å². The minimum absolute atomic E-state index is 0.0164. The topological polar surface area (TPSA) is 52.6 Å². The van der Waals surface area contributed by atoms with Crippen molar-refractivity contribution in [3.05, 3.63) is 12.2 Å². The van der Waals surface area contributed by atoms with Gasteiger partial charge in [0.2, 0.25) is 0 Å². The van der Waals surface area contributed by atoms with Crippen molar-refractivity contribution in [3.8, 4) is 0 Å². The molecule has 0 unspecified atom stereocenters. The van der Waals surface area contributed by atoms with Crippen molar-refractivity contribution in [2.24, 2.45) is 41.4 Å².